The number of hydrogen-bond donors (Lipinski definition) is 1. The molecule has 0 radical (unpaired) electrons. The van der Waals surface area contributed by atoms with Gasteiger partial charge >= 0.3 is 6.03 Å². The molecule has 1 aromatic carbocycles. The molecule has 5 nitrogen and oxygen atoms in total. The van der Waals surface area contributed by atoms with Crippen LogP contribution in [0.15, 0.2) is 53.4 Å². The zero-order chi connectivity index (χ0) is 22.3. The van der Waals surface area contributed by atoms with Gasteiger partial charge in [-0.15, -0.1) is 11.3 Å². The summed E-state index contributed by atoms with van der Waals surface area (Å²) in [5.41, 5.74) is 2.29. The van der Waals surface area contributed by atoms with Crippen LogP contribution in [-0.2, 0) is 4.79 Å². The molecular weight excluding hydrogens is 418 g/mol. The van der Waals surface area contributed by atoms with Crippen LogP contribution in [0.1, 0.15) is 44.6 Å². The van der Waals surface area contributed by atoms with E-state index in [1.807, 2.05) is 40.6 Å². The predicted molar refractivity (Wildman–Crippen MR) is 132 cm³/mol. The standard InChI is InChI=1S/C26H33N3O2S/c1-20(17-21-7-3-2-4-8-21)18-29(26(31)27-24-11-6-16-32-24)19-22-12-14-28(15-13-22)25(30)23-9-5-10-23/h2-4,6-8,11,16-17,22-23H,5,9-10,12-15,18-19H2,1H3,(H,27,31)/b20-17+. The van der Waals surface area contributed by atoms with Gasteiger partial charge in [-0.1, -0.05) is 48.4 Å². The molecule has 1 N–H and O–H groups in total. The largest absolute Gasteiger partial charge is 0.342 e. The summed E-state index contributed by atoms with van der Waals surface area (Å²) in [5, 5.41) is 5.89. The van der Waals surface area contributed by atoms with Gasteiger partial charge in [-0.25, -0.2) is 4.79 Å². The summed E-state index contributed by atoms with van der Waals surface area (Å²) in [6.07, 6.45) is 7.37. The molecule has 170 valence electrons. The third-order valence-electron chi connectivity index (χ3n) is 6.55. The lowest BCUT2D eigenvalue weighted by Crippen LogP contribution is -2.46. The van der Waals surface area contributed by atoms with Crippen molar-refractivity contribution in [3.8, 4) is 0 Å². The Kier molecular flexibility index (Phi) is 7.63. The van der Waals surface area contributed by atoms with E-state index in [0.717, 1.165) is 54.9 Å². The first-order valence-electron chi connectivity index (χ1n) is 11.7. The Balaban J connectivity index is 1.38. The second kappa shape index (κ2) is 10.8. The maximum Gasteiger partial charge on any atom is 0.322 e. The number of nitrogens with one attached hydrogen (secondary N) is 1. The summed E-state index contributed by atoms with van der Waals surface area (Å²) in [7, 11) is 0. The quantitative estimate of drug-likeness (QED) is 0.585. The molecule has 2 aliphatic rings. The summed E-state index contributed by atoms with van der Waals surface area (Å²) >= 11 is 1.53. The molecule has 0 bridgehead atoms. The van der Waals surface area contributed by atoms with Gasteiger partial charge in [0.2, 0.25) is 5.91 Å². The number of nitrogens with zero attached hydrogens (tertiary/aromatic N) is 2. The summed E-state index contributed by atoms with van der Waals surface area (Å²) in [4.78, 5) is 29.7. The third-order valence-corrected chi connectivity index (χ3v) is 7.34. The fourth-order valence-corrected chi connectivity index (χ4v) is 5.10. The van der Waals surface area contributed by atoms with Gasteiger partial charge in [0.05, 0.1) is 5.00 Å². The predicted octanol–water partition coefficient (Wildman–Crippen LogP) is 5.72. The van der Waals surface area contributed by atoms with Gasteiger partial charge in [0, 0.05) is 32.1 Å². The van der Waals surface area contributed by atoms with Gasteiger partial charge in [0.1, 0.15) is 0 Å². The molecule has 2 heterocycles. The number of benzene rings is 1. The second-order valence-corrected chi connectivity index (χ2v) is 10.0. The van der Waals surface area contributed by atoms with Gasteiger partial charge < -0.3 is 9.80 Å². The fourth-order valence-electron chi connectivity index (χ4n) is 4.49. The summed E-state index contributed by atoms with van der Waals surface area (Å²) < 4.78 is 0. The molecule has 0 atom stereocenters. The van der Waals surface area contributed by atoms with Crippen molar-refractivity contribution < 1.29 is 9.59 Å². The maximum atomic E-state index is 13.1. The molecule has 32 heavy (non-hydrogen) atoms. The van der Waals surface area contributed by atoms with Crippen molar-refractivity contribution in [1.82, 2.24) is 9.80 Å². The zero-order valence-electron chi connectivity index (χ0n) is 18.8. The van der Waals surface area contributed by atoms with Crippen LogP contribution in [0, 0.1) is 11.8 Å². The highest BCUT2D eigenvalue weighted by Gasteiger charge is 2.32. The van der Waals surface area contributed by atoms with Crippen LogP contribution in [0.2, 0.25) is 0 Å². The Bertz CT molecular complexity index is 914. The minimum absolute atomic E-state index is 0.0544. The molecule has 2 aromatic rings. The monoisotopic (exact) mass is 451 g/mol. The Morgan fingerprint density at radius 1 is 1.09 bits per heavy atom. The first-order valence-corrected chi connectivity index (χ1v) is 12.6. The first-order chi connectivity index (χ1) is 15.6. The minimum atomic E-state index is -0.0544. The lowest BCUT2D eigenvalue weighted by Gasteiger charge is -2.38. The summed E-state index contributed by atoms with van der Waals surface area (Å²) in [6.45, 7) is 5.02. The molecule has 0 spiro atoms. The van der Waals surface area contributed by atoms with E-state index in [0.29, 0.717) is 24.9 Å². The average molecular weight is 452 g/mol. The van der Waals surface area contributed by atoms with Crippen LogP contribution >= 0.6 is 11.3 Å². The normalized spacial score (nSPS) is 17.7. The topological polar surface area (TPSA) is 52.7 Å². The lowest BCUT2D eigenvalue weighted by atomic mass is 9.83. The fraction of sp³-hybridized carbons (Fsp3) is 0.462. The Morgan fingerprint density at radius 3 is 2.47 bits per heavy atom. The highest BCUT2D eigenvalue weighted by atomic mass is 32.1. The van der Waals surface area contributed by atoms with Gasteiger partial charge in [-0.05, 0) is 61.6 Å². The zero-order valence-corrected chi connectivity index (χ0v) is 19.7. The highest BCUT2D eigenvalue weighted by Crippen LogP contribution is 2.30. The van der Waals surface area contributed by atoms with E-state index in [4.69, 9.17) is 0 Å². The number of thiophene rings is 1. The molecule has 1 saturated carbocycles. The Hall–Kier alpha value is -2.60. The molecule has 2 fully saturated rings. The number of hydrogen-bond acceptors (Lipinski definition) is 3. The van der Waals surface area contributed by atoms with Gasteiger partial charge in [0.25, 0.3) is 0 Å². The third kappa shape index (κ3) is 6.00. The number of urea groups is 1. The number of amides is 3. The SMILES string of the molecule is C/C(=C\c1ccccc1)CN(CC1CCN(C(=O)C2CCC2)CC1)C(=O)Nc1cccs1. The van der Waals surface area contributed by atoms with Crippen molar-refractivity contribution in [3.63, 3.8) is 0 Å². The molecule has 6 heteroatoms. The number of anilines is 1. The molecule has 1 aliphatic carbocycles. The molecule has 4 rings (SSSR count). The number of carbonyl (C=O) groups is 2. The van der Waals surface area contributed by atoms with Crippen LogP contribution in [0.3, 0.4) is 0 Å². The average Bonchev–Trinajstić information content (AvgIpc) is 3.26. The van der Waals surface area contributed by atoms with Crippen molar-refractivity contribution in [1.29, 1.82) is 0 Å². The Labute approximate surface area is 195 Å². The molecule has 3 amide bonds. The van der Waals surface area contributed by atoms with Crippen molar-refractivity contribution in [3.05, 3.63) is 59.0 Å². The summed E-state index contributed by atoms with van der Waals surface area (Å²) in [5.74, 6) is 1.04. The second-order valence-electron chi connectivity index (χ2n) is 9.09. The van der Waals surface area contributed by atoms with Gasteiger partial charge in [-0.3, -0.25) is 10.1 Å². The van der Waals surface area contributed by atoms with E-state index in [1.165, 1.54) is 17.8 Å². The molecule has 1 aliphatic heterocycles. The van der Waals surface area contributed by atoms with E-state index < -0.39 is 0 Å². The highest BCUT2D eigenvalue weighted by molar-refractivity contribution is 7.14. The van der Waals surface area contributed by atoms with Crippen LogP contribution in [0.25, 0.3) is 6.08 Å². The van der Waals surface area contributed by atoms with Crippen LogP contribution in [-0.4, -0.2) is 47.9 Å². The van der Waals surface area contributed by atoms with Gasteiger partial charge in [-0.2, -0.15) is 0 Å². The van der Waals surface area contributed by atoms with E-state index in [1.54, 1.807) is 0 Å². The van der Waals surface area contributed by atoms with Gasteiger partial charge in [0.15, 0.2) is 0 Å². The van der Waals surface area contributed by atoms with E-state index >= 15 is 0 Å². The summed E-state index contributed by atoms with van der Waals surface area (Å²) in [6, 6.07) is 14.0. The minimum Gasteiger partial charge on any atom is -0.342 e. The smallest absolute Gasteiger partial charge is 0.322 e. The molecule has 1 saturated heterocycles. The molecule has 1 aromatic heterocycles. The van der Waals surface area contributed by atoms with Crippen molar-refractivity contribution in [2.75, 3.05) is 31.5 Å². The van der Waals surface area contributed by atoms with Crippen molar-refractivity contribution >= 4 is 34.4 Å². The lowest BCUT2D eigenvalue weighted by molar-refractivity contribution is -0.139. The molecule has 0 unspecified atom stereocenters. The van der Waals surface area contributed by atoms with E-state index in [2.05, 4.69) is 35.3 Å². The Morgan fingerprint density at radius 2 is 1.84 bits per heavy atom. The number of rotatable bonds is 7. The maximum absolute atomic E-state index is 13.1. The first kappa shape index (κ1) is 22.6. The van der Waals surface area contributed by atoms with Crippen LogP contribution in [0.5, 0.6) is 0 Å². The van der Waals surface area contributed by atoms with E-state index in [-0.39, 0.29) is 11.9 Å². The number of carbonyl (C=O) groups excluding carboxylic acids is 2. The number of likely N-dealkylation sites (tertiary alicyclic amines) is 1. The molecular formula is C26H33N3O2S. The van der Waals surface area contributed by atoms with Crippen molar-refractivity contribution in [2.45, 2.75) is 39.0 Å². The van der Waals surface area contributed by atoms with Crippen LogP contribution < -0.4 is 5.32 Å². The van der Waals surface area contributed by atoms with Crippen LogP contribution in [0.4, 0.5) is 9.80 Å². The van der Waals surface area contributed by atoms with Crippen molar-refractivity contribution in [2.24, 2.45) is 11.8 Å². The van der Waals surface area contributed by atoms with E-state index in [9.17, 15) is 9.59 Å². The number of piperidine rings is 1.